The topological polar surface area (TPSA) is 61.7 Å². The Kier molecular flexibility index (Phi) is 2.90. The number of thiazole rings is 1. The van der Waals surface area contributed by atoms with E-state index in [2.05, 4.69) is 35.8 Å². The quantitative estimate of drug-likeness (QED) is 0.407. The van der Waals surface area contributed by atoms with Crippen molar-refractivity contribution in [2.75, 3.05) is 0 Å². The van der Waals surface area contributed by atoms with Gasteiger partial charge in [-0.1, -0.05) is 25.9 Å². The maximum atomic E-state index is 8.13. The molecule has 0 unspecified atom stereocenters. The minimum absolute atomic E-state index is 0.0826. The van der Waals surface area contributed by atoms with Crippen molar-refractivity contribution in [3.8, 4) is 0 Å². The summed E-state index contributed by atoms with van der Waals surface area (Å²) < 4.78 is 0. The van der Waals surface area contributed by atoms with E-state index in [1.165, 1.54) is 0 Å². The molecule has 0 amide bonds. The van der Waals surface area contributed by atoms with Crippen LogP contribution >= 0.6 is 11.3 Å². The molecule has 13 heavy (non-hydrogen) atoms. The third-order valence-electron chi connectivity index (χ3n) is 1.49. The first kappa shape index (κ1) is 10.0. The van der Waals surface area contributed by atoms with Gasteiger partial charge in [0, 0.05) is 15.7 Å². The molecule has 0 N–H and O–H groups in total. The maximum absolute atomic E-state index is 8.13. The van der Waals surface area contributed by atoms with Crippen LogP contribution in [-0.4, -0.2) is 4.98 Å². The lowest BCUT2D eigenvalue weighted by atomic mass is 9.98. The summed E-state index contributed by atoms with van der Waals surface area (Å²) >= 11 is 1.61. The van der Waals surface area contributed by atoms with E-state index in [1.807, 2.05) is 5.38 Å². The zero-order valence-corrected chi connectivity index (χ0v) is 8.80. The number of aromatic nitrogens is 1. The lowest BCUT2D eigenvalue weighted by Crippen LogP contribution is -2.10. The van der Waals surface area contributed by atoms with Gasteiger partial charge in [-0.3, -0.25) is 0 Å². The molecule has 0 aliphatic carbocycles. The number of nitrogens with zero attached hydrogens (tertiary/aromatic N) is 4. The molecule has 0 aliphatic rings. The van der Waals surface area contributed by atoms with Crippen molar-refractivity contribution in [2.24, 2.45) is 5.11 Å². The average molecular weight is 196 g/mol. The molecule has 0 saturated heterocycles. The fraction of sp³-hybridized carbons (Fsp3) is 0.625. The van der Waals surface area contributed by atoms with E-state index < -0.39 is 0 Å². The molecular weight excluding hydrogens is 184 g/mol. The highest BCUT2D eigenvalue weighted by Crippen LogP contribution is 2.25. The van der Waals surface area contributed by atoms with Gasteiger partial charge in [0.15, 0.2) is 0 Å². The molecule has 0 saturated carbocycles. The lowest BCUT2D eigenvalue weighted by molar-refractivity contribution is 0.583. The van der Waals surface area contributed by atoms with Crippen LogP contribution in [0.5, 0.6) is 0 Å². The van der Waals surface area contributed by atoms with E-state index >= 15 is 0 Å². The Morgan fingerprint density at radius 3 is 2.77 bits per heavy atom. The Balaban J connectivity index is 2.80. The zero-order chi connectivity index (χ0) is 9.90. The highest BCUT2D eigenvalue weighted by atomic mass is 32.1. The molecule has 0 spiro atoms. The van der Waals surface area contributed by atoms with Gasteiger partial charge in [0.2, 0.25) is 0 Å². The second-order valence-electron chi connectivity index (χ2n) is 3.78. The zero-order valence-electron chi connectivity index (χ0n) is 7.98. The van der Waals surface area contributed by atoms with Gasteiger partial charge in [-0.05, 0) is 5.53 Å². The number of azide groups is 1. The normalized spacial score (nSPS) is 11.0. The molecule has 0 aliphatic heterocycles. The highest BCUT2D eigenvalue weighted by Gasteiger charge is 2.17. The molecule has 0 bridgehead atoms. The van der Waals surface area contributed by atoms with Gasteiger partial charge < -0.3 is 0 Å². The molecule has 0 aromatic carbocycles. The molecule has 5 heteroatoms. The van der Waals surface area contributed by atoms with Gasteiger partial charge in [-0.2, -0.15) is 0 Å². The Labute approximate surface area is 81.2 Å². The van der Waals surface area contributed by atoms with Crippen LogP contribution < -0.4 is 0 Å². The Bertz CT molecular complexity index is 330. The molecule has 1 rings (SSSR count). The third-order valence-corrected chi connectivity index (χ3v) is 2.81. The van der Waals surface area contributed by atoms with Crippen LogP contribution in [0.1, 0.15) is 31.5 Å². The van der Waals surface area contributed by atoms with Crippen LogP contribution in [0.25, 0.3) is 10.4 Å². The van der Waals surface area contributed by atoms with Crippen molar-refractivity contribution in [1.29, 1.82) is 0 Å². The van der Waals surface area contributed by atoms with Gasteiger partial charge in [0.1, 0.15) is 0 Å². The molecule has 1 heterocycles. The summed E-state index contributed by atoms with van der Waals surface area (Å²) in [7, 11) is 0. The molecular formula is C8H12N4S. The molecule has 70 valence electrons. The second kappa shape index (κ2) is 3.77. The van der Waals surface area contributed by atoms with Crippen LogP contribution in [0.15, 0.2) is 10.5 Å². The largest absolute Gasteiger partial charge is 0.246 e. The van der Waals surface area contributed by atoms with E-state index in [4.69, 9.17) is 5.53 Å². The summed E-state index contributed by atoms with van der Waals surface area (Å²) in [6.07, 6.45) is 0. The Morgan fingerprint density at radius 1 is 1.62 bits per heavy atom. The Morgan fingerprint density at radius 2 is 2.31 bits per heavy atom. The lowest BCUT2D eigenvalue weighted by Gasteiger charge is -2.13. The van der Waals surface area contributed by atoms with Crippen molar-refractivity contribution in [3.63, 3.8) is 0 Å². The van der Waals surface area contributed by atoms with E-state index in [1.54, 1.807) is 11.3 Å². The van der Waals surface area contributed by atoms with Gasteiger partial charge in [0.25, 0.3) is 0 Å². The van der Waals surface area contributed by atoms with Crippen LogP contribution in [-0.2, 0) is 12.0 Å². The minimum Gasteiger partial charge on any atom is -0.246 e. The third kappa shape index (κ3) is 2.72. The number of hydrogen-bond acceptors (Lipinski definition) is 3. The number of hydrogen-bond donors (Lipinski definition) is 0. The van der Waals surface area contributed by atoms with Gasteiger partial charge >= 0.3 is 0 Å². The average Bonchev–Trinajstić information content (AvgIpc) is 2.47. The van der Waals surface area contributed by atoms with Crippen LogP contribution in [0.4, 0.5) is 0 Å². The molecule has 1 aromatic rings. The van der Waals surface area contributed by atoms with Crippen LogP contribution in [0, 0.1) is 0 Å². The fourth-order valence-corrected chi connectivity index (χ4v) is 1.73. The molecule has 0 atom stereocenters. The molecule has 0 fully saturated rings. The highest BCUT2D eigenvalue weighted by molar-refractivity contribution is 7.09. The van der Waals surface area contributed by atoms with Gasteiger partial charge in [0.05, 0.1) is 17.2 Å². The summed E-state index contributed by atoms with van der Waals surface area (Å²) in [5.41, 5.74) is 9.07. The first-order chi connectivity index (χ1) is 6.04. The Hall–Kier alpha value is -1.06. The first-order valence-corrected chi connectivity index (χ1v) is 4.88. The van der Waals surface area contributed by atoms with E-state index in [0.717, 1.165) is 10.7 Å². The fourth-order valence-electron chi connectivity index (χ4n) is 0.828. The summed E-state index contributed by atoms with van der Waals surface area (Å²) in [6.45, 7) is 6.69. The van der Waals surface area contributed by atoms with E-state index in [0.29, 0.717) is 6.54 Å². The predicted octanol–water partition coefficient (Wildman–Crippen LogP) is 3.25. The van der Waals surface area contributed by atoms with Crippen molar-refractivity contribution >= 4 is 11.3 Å². The van der Waals surface area contributed by atoms with E-state index in [9.17, 15) is 0 Å². The number of rotatable bonds is 2. The maximum Gasteiger partial charge on any atom is 0.0981 e. The van der Waals surface area contributed by atoms with Crippen LogP contribution in [0.3, 0.4) is 0 Å². The summed E-state index contributed by atoms with van der Waals surface area (Å²) in [4.78, 5) is 7.06. The monoisotopic (exact) mass is 196 g/mol. The van der Waals surface area contributed by atoms with Gasteiger partial charge in [-0.15, -0.1) is 11.3 Å². The van der Waals surface area contributed by atoms with Crippen molar-refractivity contribution in [1.82, 2.24) is 4.98 Å². The van der Waals surface area contributed by atoms with E-state index in [-0.39, 0.29) is 5.41 Å². The minimum atomic E-state index is 0.0826. The second-order valence-corrected chi connectivity index (χ2v) is 4.64. The van der Waals surface area contributed by atoms with Crippen LogP contribution in [0.2, 0.25) is 0 Å². The standard InChI is InChI=1S/C8H12N4S/c1-8(2,3)7-11-6(5-13-7)4-10-12-9/h5H,4H2,1-3H3. The van der Waals surface area contributed by atoms with Gasteiger partial charge in [-0.25, -0.2) is 4.98 Å². The molecule has 1 aromatic heterocycles. The molecule has 0 radical (unpaired) electrons. The predicted molar refractivity (Wildman–Crippen MR) is 53.7 cm³/mol. The summed E-state index contributed by atoms with van der Waals surface area (Å²) in [5, 5.41) is 6.48. The summed E-state index contributed by atoms with van der Waals surface area (Å²) in [6, 6.07) is 0. The molecule has 4 nitrogen and oxygen atoms in total. The SMILES string of the molecule is CC(C)(C)c1nc(CN=[N+]=[N-])cs1. The van der Waals surface area contributed by atoms with Crippen molar-refractivity contribution in [3.05, 3.63) is 26.5 Å². The summed E-state index contributed by atoms with van der Waals surface area (Å²) in [5.74, 6) is 0. The smallest absolute Gasteiger partial charge is 0.0981 e. The van der Waals surface area contributed by atoms with Crippen molar-refractivity contribution in [2.45, 2.75) is 32.7 Å². The first-order valence-electron chi connectivity index (χ1n) is 4.00. The van der Waals surface area contributed by atoms with Crippen molar-refractivity contribution < 1.29 is 0 Å².